The van der Waals surface area contributed by atoms with Crippen LogP contribution in [-0.4, -0.2) is 18.5 Å². The maximum Gasteiger partial charge on any atom is 0.123 e. The highest BCUT2D eigenvalue weighted by Gasteiger charge is 2.05. The van der Waals surface area contributed by atoms with Gasteiger partial charge in [-0.2, -0.15) is 0 Å². The highest BCUT2D eigenvalue weighted by atomic mass is 19.1. The van der Waals surface area contributed by atoms with Gasteiger partial charge in [0.25, 0.3) is 0 Å². The molecule has 3 heteroatoms. The summed E-state index contributed by atoms with van der Waals surface area (Å²) in [4.78, 5) is 2.17. The predicted molar refractivity (Wildman–Crippen MR) is 81.9 cm³/mol. The molecule has 0 spiro atoms. The highest BCUT2D eigenvalue weighted by molar-refractivity contribution is 5.46. The molecule has 2 N–H and O–H groups in total. The number of hydrogen-bond donors (Lipinski definition) is 1. The minimum absolute atomic E-state index is 0.230. The Morgan fingerprint density at radius 3 is 2.60 bits per heavy atom. The third kappa shape index (κ3) is 4.35. The molecule has 0 aliphatic heterocycles. The van der Waals surface area contributed by atoms with Crippen LogP contribution < -0.4 is 5.73 Å². The van der Waals surface area contributed by atoms with Gasteiger partial charge in [0.15, 0.2) is 0 Å². The Kier molecular flexibility index (Phi) is 5.13. The lowest BCUT2D eigenvalue weighted by Crippen LogP contribution is -2.20. The highest BCUT2D eigenvalue weighted by Crippen LogP contribution is 2.15. The first kappa shape index (κ1) is 14.5. The monoisotopic (exact) mass is 272 g/mol. The van der Waals surface area contributed by atoms with E-state index in [0.717, 1.165) is 24.9 Å². The van der Waals surface area contributed by atoms with Crippen molar-refractivity contribution in [3.63, 3.8) is 0 Å². The van der Waals surface area contributed by atoms with E-state index in [1.165, 1.54) is 17.7 Å². The molecule has 0 amide bonds. The average molecular weight is 272 g/mol. The largest absolute Gasteiger partial charge is 0.398 e. The second-order valence-electron chi connectivity index (χ2n) is 5.17. The van der Waals surface area contributed by atoms with Gasteiger partial charge in [-0.15, -0.1) is 0 Å². The van der Waals surface area contributed by atoms with Crippen molar-refractivity contribution in [1.29, 1.82) is 0 Å². The molecule has 106 valence electrons. The van der Waals surface area contributed by atoms with Crippen molar-refractivity contribution in [2.75, 3.05) is 19.3 Å². The van der Waals surface area contributed by atoms with Crippen LogP contribution in [0.5, 0.6) is 0 Å². The molecular formula is C17H21FN2. The molecule has 0 saturated heterocycles. The van der Waals surface area contributed by atoms with Gasteiger partial charge in [-0.1, -0.05) is 30.3 Å². The number of aryl methyl sites for hydroxylation is 1. The van der Waals surface area contributed by atoms with E-state index in [-0.39, 0.29) is 5.82 Å². The van der Waals surface area contributed by atoms with Crippen LogP contribution in [0.3, 0.4) is 0 Å². The van der Waals surface area contributed by atoms with Crippen molar-refractivity contribution in [3.05, 3.63) is 65.5 Å². The number of halogens is 1. The predicted octanol–water partition coefficient (Wildman–Crippen LogP) is 3.47. The van der Waals surface area contributed by atoms with Gasteiger partial charge in [0.05, 0.1) is 0 Å². The number of nitrogens with zero attached hydrogens (tertiary/aromatic N) is 1. The summed E-state index contributed by atoms with van der Waals surface area (Å²) < 4.78 is 13.2. The van der Waals surface area contributed by atoms with Crippen LogP contribution in [0.4, 0.5) is 10.1 Å². The van der Waals surface area contributed by atoms with Crippen molar-refractivity contribution in [1.82, 2.24) is 4.90 Å². The minimum atomic E-state index is -0.230. The molecule has 0 radical (unpaired) electrons. The number of nitrogens with two attached hydrogens (primary N) is 1. The van der Waals surface area contributed by atoms with E-state index in [1.807, 2.05) is 13.1 Å². The Morgan fingerprint density at radius 2 is 1.85 bits per heavy atom. The van der Waals surface area contributed by atoms with Gasteiger partial charge in [-0.25, -0.2) is 4.39 Å². The second-order valence-corrected chi connectivity index (χ2v) is 5.17. The van der Waals surface area contributed by atoms with E-state index in [9.17, 15) is 4.39 Å². The third-order valence-electron chi connectivity index (χ3n) is 3.39. The van der Waals surface area contributed by atoms with Crippen LogP contribution in [0.25, 0.3) is 0 Å². The fourth-order valence-corrected chi connectivity index (χ4v) is 2.28. The smallest absolute Gasteiger partial charge is 0.123 e. The maximum absolute atomic E-state index is 13.2. The van der Waals surface area contributed by atoms with Crippen LogP contribution in [0.2, 0.25) is 0 Å². The van der Waals surface area contributed by atoms with Crippen molar-refractivity contribution >= 4 is 5.69 Å². The molecular weight excluding hydrogens is 251 g/mol. The second kappa shape index (κ2) is 7.06. The van der Waals surface area contributed by atoms with Gasteiger partial charge in [0.2, 0.25) is 0 Å². The molecule has 0 saturated carbocycles. The van der Waals surface area contributed by atoms with E-state index in [0.29, 0.717) is 12.2 Å². The van der Waals surface area contributed by atoms with Crippen molar-refractivity contribution in [3.8, 4) is 0 Å². The number of benzene rings is 2. The van der Waals surface area contributed by atoms with Crippen molar-refractivity contribution < 1.29 is 4.39 Å². The van der Waals surface area contributed by atoms with Gasteiger partial charge < -0.3 is 10.6 Å². The summed E-state index contributed by atoms with van der Waals surface area (Å²) in [6.07, 6.45) is 2.14. The van der Waals surface area contributed by atoms with Gasteiger partial charge >= 0.3 is 0 Å². The molecule has 0 atom stereocenters. The first-order chi connectivity index (χ1) is 9.65. The summed E-state index contributed by atoms with van der Waals surface area (Å²) in [6.45, 7) is 1.64. The summed E-state index contributed by atoms with van der Waals surface area (Å²) >= 11 is 0. The maximum atomic E-state index is 13.2. The Balaban J connectivity index is 1.80. The molecule has 0 aliphatic rings. The Morgan fingerprint density at radius 1 is 1.10 bits per heavy atom. The average Bonchev–Trinajstić information content (AvgIpc) is 2.44. The molecule has 0 unspecified atom stereocenters. The fourth-order valence-electron chi connectivity index (χ4n) is 2.28. The molecule has 0 bridgehead atoms. The quantitative estimate of drug-likeness (QED) is 0.816. The van der Waals surface area contributed by atoms with E-state index < -0.39 is 0 Å². The zero-order chi connectivity index (χ0) is 14.4. The van der Waals surface area contributed by atoms with Crippen molar-refractivity contribution in [2.24, 2.45) is 0 Å². The standard InChI is InChI=1S/C17H21FN2/c1-20(11-5-8-14-6-3-2-4-7-14)13-15-12-16(18)9-10-17(15)19/h2-4,6-7,9-10,12H,5,8,11,13,19H2,1H3. The minimum Gasteiger partial charge on any atom is -0.398 e. The molecule has 2 aromatic carbocycles. The number of nitrogen functional groups attached to an aromatic ring is 1. The topological polar surface area (TPSA) is 29.3 Å². The van der Waals surface area contributed by atoms with Crippen LogP contribution in [0.15, 0.2) is 48.5 Å². The summed E-state index contributed by atoms with van der Waals surface area (Å²) in [7, 11) is 2.04. The summed E-state index contributed by atoms with van der Waals surface area (Å²) in [5.74, 6) is -0.230. The number of rotatable bonds is 6. The molecule has 2 rings (SSSR count). The lowest BCUT2D eigenvalue weighted by Gasteiger charge is -2.17. The summed E-state index contributed by atoms with van der Waals surface area (Å²) in [5, 5.41) is 0. The first-order valence-electron chi connectivity index (χ1n) is 6.91. The molecule has 2 aromatic rings. The molecule has 0 fully saturated rings. The molecule has 0 heterocycles. The van der Waals surface area contributed by atoms with E-state index >= 15 is 0 Å². The molecule has 2 nitrogen and oxygen atoms in total. The normalized spacial score (nSPS) is 10.9. The van der Waals surface area contributed by atoms with Crippen LogP contribution in [0.1, 0.15) is 17.5 Å². The van der Waals surface area contributed by atoms with Crippen LogP contribution in [-0.2, 0) is 13.0 Å². The van der Waals surface area contributed by atoms with Gasteiger partial charge in [0.1, 0.15) is 5.82 Å². The van der Waals surface area contributed by atoms with Crippen LogP contribution >= 0.6 is 0 Å². The van der Waals surface area contributed by atoms with Gasteiger partial charge in [-0.3, -0.25) is 0 Å². The third-order valence-corrected chi connectivity index (χ3v) is 3.39. The lowest BCUT2D eigenvalue weighted by atomic mass is 10.1. The zero-order valence-electron chi connectivity index (χ0n) is 11.8. The van der Waals surface area contributed by atoms with Gasteiger partial charge in [0, 0.05) is 12.2 Å². The van der Waals surface area contributed by atoms with E-state index in [4.69, 9.17) is 5.73 Å². The summed E-state index contributed by atoms with van der Waals surface area (Å²) in [6, 6.07) is 15.0. The lowest BCUT2D eigenvalue weighted by molar-refractivity contribution is 0.322. The number of hydrogen-bond acceptors (Lipinski definition) is 2. The van der Waals surface area contributed by atoms with Gasteiger partial charge in [-0.05, 0) is 55.8 Å². The molecule has 0 aromatic heterocycles. The zero-order valence-corrected chi connectivity index (χ0v) is 11.8. The molecule has 0 aliphatic carbocycles. The fraction of sp³-hybridized carbons (Fsp3) is 0.294. The first-order valence-corrected chi connectivity index (χ1v) is 6.91. The van der Waals surface area contributed by atoms with E-state index in [2.05, 4.69) is 29.2 Å². The molecule has 20 heavy (non-hydrogen) atoms. The number of anilines is 1. The Bertz CT molecular complexity index is 540. The van der Waals surface area contributed by atoms with E-state index in [1.54, 1.807) is 6.07 Å². The van der Waals surface area contributed by atoms with Crippen molar-refractivity contribution in [2.45, 2.75) is 19.4 Å². The SMILES string of the molecule is CN(CCCc1ccccc1)Cc1cc(F)ccc1N. The summed E-state index contributed by atoms with van der Waals surface area (Å²) in [5.41, 5.74) is 8.72. The Labute approximate surface area is 120 Å². The van der Waals surface area contributed by atoms with Crippen LogP contribution in [0, 0.1) is 5.82 Å². The Hall–Kier alpha value is -1.87.